The number of halogens is 1. The number of benzene rings is 3. The molecule has 3 aromatic carbocycles. The van der Waals surface area contributed by atoms with E-state index in [1.54, 1.807) is 36.5 Å². The van der Waals surface area contributed by atoms with Gasteiger partial charge in [0.1, 0.15) is 5.57 Å². The van der Waals surface area contributed by atoms with E-state index in [0.29, 0.717) is 21.2 Å². The van der Waals surface area contributed by atoms with Crippen molar-refractivity contribution in [2.24, 2.45) is 0 Å². The molecule has 8 nitrogen and oxygen atoms in total. The largest absolute Gasteiger partial charge is 0.298 e. The van der Waals surface area contributed by atoms with Gasteiger partial charge in [-0.3, -0.25) is 34.9 Å². The number of para-hydroxylation sites is 1. The van der Waals surface area contributed by atoms with E-state index in [1.165, 1.54) is 28.8 Å². The van der Waals surface area contributed by atoms with Gasteiger partial charge in [0.25, 0.3) is 17.5 Å². The van der Waals surface area contributed by atoms with Crippen molar-refractivity contribution in [3.63, 3.8) is 0 Å². The third-order valence-corrected chi connectivity index (χ3v) is 7.63. The second kappa shape index (κ2) is 10.3. The van der Waals surface area contributed by atoms with E-state index in [0.717, 1.165) is 21.4 Å². The summed E-state index contributed by atoms with van der Waals surface area (Å²) in [6.07, 6.45) is 2.98. The maximum Gasteiger partial charge on any atom is 0.283 e. The van der Waals surface area contributed by atoms with Crippen molar-refractivity contribution in [1.82, 2.24) is 10.3 Å². The van der Waals surface area contributed by atoms with Crippen LogP contribution in [0.25, 0.3) is 17.0 Å². The molecule has 1 aliphatic rings. The summed E-state index contributed by atoms with van der Waals surface area (Å²) in [5.41, 5.74) is 1.86. The molecule has 0 unspecified atom stereocenters. The van der Waals surface area contributed by atoms with Crippen LogP contribution < -0.4 is 10.2 Å². The van der Waals surface area contributed by atoms with Crippen LogP contribution in [0.3, 0.4) is 0 Å². The Morgan fingerprint density at radius 3 is 2.63 bits per heavy atom. The standard InChI is InChI=1S/C27H17ClN4O4S2/c1-15-7-9-18(14-20(15)28)31-26(34)19(25(33)30-27(31)37)12-16-8-10-22(21(13-16)32(35)36)38-23-6-2-4-17-5-3-11-29-24(17)23/h2-14H,1H3,(H,30,33,37)/b19-12+. The first-order valence-corrected chi connectivity index (χ1v) is 12.8. The first-order valence-electron chi connectivity index (χ1n) is 11.2. The molecule has 0 atom stereocenters. The third-order valence-electron chi connectivity index (χ3n) is 5.82. The van der Waals surface area contributed by atoms with Gasteiger partial charge < -0.3 is 0 Å². The Morgan fingerprint density at radius 2 is 1.87 bits per heavy atom. The van der Waals surface area contributed by atoms with Gasteiger partial charge in [0.05, 0.1) is 21.0 Å². The minimum absolute atomic E-state index is 0.0847. The van der Waals surface area contributed by atoms with Crippen LogP contribution in [0.5, 0.6) is 0 Å². The Balaban J connectivity index is 1.51. The maximum absolute atomic E-state index is 13.3. The molecule has 0 spiro atoms. The molecule has 38 heavy (non-hydrogen) atoms. The number of fused-ring (bicyclic) bond motifs is 1. The number of thiocarbonyl (C=S) groups is 1. The highest BCUT2D eigenvalue weighted by atomic mass is 35.5. The molecular formula is C27H17ClN4O4S2. The fourth-order valence-electron chi connectivity index (χ4n) is 3.91. The highest BCUT2D eigenvalue weighted by Gasteiger charge is 2.34. The molecule has 0 saturated carbocycles. The third kappa shape index (κ3) is 4.89. The number of nitrogens with zero attached hydrogens (tertiary/aromatic N) is 3. The Labute approximate surface area is 231 Å². The lowest BCUT2D eigenvalue weighted by Crippen LogP contribution is -2.54. The van der Waals surface area contributed by atoms with E-state index < -0.39 is 16.7 Å². The monoisotopic (exact) mass is 560 g/mol. The molecule has 0 aliphatic carbocycles. The summed E-state index contributed by atoms with van der Waals surface area (Å²) in [7, 11) is 0. The average Bonchev–Trinajstić information content (AvgIpc) is 2.89. The summed E-state index contributed by atoms with van der Waals surface area (Å²) in [4.78, 5) is 44.2. The Hall–Kier alpha value is -4.12. The molecule has 2 heterocycles. The average molecular weight is 561 g/mol. The van der Waals surface area contributed by atoms with Crippen LogP contribution >= 0.6 is 35.6 Å². The number of pyridine rings is 1. The first-order chi connectivity index (χ1) is 18.2. The zero-order valence-corrected chi connectivity index (χ0v) is 22.1. The number of rotatable bonds is 5. The SMILES string of the molecule is Cc1ccc(N2C(=O)/C(=C/c3ccc(Sc4cccc5cccnc45)c([N+](=O)[O-])c3)C(=O)NC2=S)cc1Cl. The van der Waals surface area contributed by atoms with Gasteiger partial charge in [-0.1, -0.05) is 53.7 Å². The van der Waals surface area contributed by atoms with Crippen molar-refractivity contribution >= 4 is 80.9 Å². The van der Waals surface area contributed by atoms with Crippen molar-refractivity contribution in [3.8, 4) is 0 Å². The number of amides is 2. The van der Waals surface area contributed by atoms with E-state index in [9.17, 15) is 19.7 Å². The molecule has 0 bridgehead atoms. The molecule has 1 N–H and O–H groups in total. The quantitative estimate of drug-likeness (QED) is 0.103. The van der Waals surface area contributed by atoms with Crippen LogP contribution in [-0.2, 0) is 9.59 Å². The molecular weight excluding hydrogens is 544 g/mol. The van der Waals surface area contributed by atoms with Crippen molar-refractivity contribution in [2.75, 3.05) is 4.90 Å². The molecule has 1 aliphatic heterocycles. The lowest BCUT2D eigenvalue weighted by molar-refractivity contribution is -0.387. The predicted molar refractivity (Wildman–Crippen MR) is 151 cm³/mol. The van der Waals surface area contributed by atoms with Crippen LogP contribution in [0.1, 0.15) is 11.1 Å². The number of hydrogen-bond acceptors (Lipinski definition) is 7. The molecule has 4 aromatic rings. The van der Waals surface area contributed by atoms with E-state index in [4.69, 9.17) is 23.8 Å². The minimum Gasteiger partial charge on any atom is -0.298 e. The summed E-state index contributed by atoms with van der Waals surface area (Å²) < 4.78 is 0. The molecule has 188 valence electrons. The number of anilines is 1. The Bertz CT molecular complexity index is 1700. The highest BCUT2D eigenvalue weighted by molar-refractivity contribution is 7.99. The smallest absolute Gasteiger partial charge is 0.283 e. The summed E-state index contributed by atoms with van der Waals surface area (Å²) in [6.45, 7) is 1.82. The minimum atomic E-state index is -0.697. The van der Waals surface area contributed by atoms with Gasteiger partial charge >= 0.3 is 0 Å². The van der Waals surface area contributed by atoms with Crippen molar-refractivity contribution in [2.45, 2.75) is 16.7 Å². The van der Waals surface area contributed by atoms with Crippen LogP contribution in [0.15, 0.2) is 88.3 Å². The molecule has 2 amide bonds. The fourth-order valence-corrected chi connectivity index (χ4v) is 5.39. The number of carbonyl (C=O) groups is 2. The zero-order chi connectivity index (χ0) is 27.0. The van der Waals surface area contributed by atoms with Crippen LogP contribution in [0, 0.1) is 17.0 Å². The van der Waals surface area contributed by atoms with Gasteiger partial charge in [0.2, 0.25) is 0 Å². The molecule has 0 radical (unpaired) electrons. The van der Waals surface area contributed by atoms with E-state index in [1.807, 2.05) is 37.3 Å². The molecule has 11 heteroatoms. The van der Waals surface area contributed by atoms with Gasteiger partial charge in [-0.05, 0) is 66.7 Å². The van der Waals surface area contributed by atoms with Gasteiger partial charge in [0, 0.05) is 27.6 Å². The van der Waals surface area contributed by atoms with Crippen molar-refractivity contribution in [3.05, 3.63) is 105 Å². The van der Waals surface area contributed by atoms with Crippen LogP contribution in [-0.4, -0.2) is 26.8 Å². The Kier molecular flexibility index (Phi) is 6.94. The number of nitro groups is 1. The van der Waals surface area contributed by atoms with Gasteiger partial charge in [-0.15, -0.1) is 0 Å². The van der Waals surface area contributed by atoms with Crippen molar-refractivity contribution < 1.29 is 14.5 Å². The zero-order valence-electron chi connectivity index (χ0n) is 19.7. The molecule has 1 aromatic heterocycles. The van der Waals surface area contributed by atoms with Gasteiger partial charge in [-0.25, -0.2) is 0 Å². The summed E-state index contributed by atoms with van der Waals surface area (Å²) >= 11 is 12.7. The lowest BCUT2D eigenvalue weighted by atomic mass is 10.1. The van der Waals surface area contributed by atoms with Crippen molar-refractivity contribution in [1.29, 1.82) is 0 Å². The second-order valence-electron chi connectivity index (χ2n) is 8.31. The molecule has 5 rings (SSSR count). The number of carbonyl (C=O) groups excluding carboxylic acids is 2. The number of hydrogen-bond donors (Lipinski definition) is 1. The second-order valence-corrected chi connectivity index (χ2v) is 10.2. The lowest BCUT2D eigenvalue weighted by Gasteiger charge is -2.29. The number of aromatic nitrogens is 1. The van der Waals surface area contributed by atoms with Gasteiger partial charge in [-0.2, -0.15) is 0 Å². The molecule has 1 fully saturated rings. The van der Waals surface area contributed by atoms with Crippen LogP contribution in [0.2, 0.25) is 5.02 Å². The topological polar surface area (TPSA) is 105 Å². The normalized spacial score (nSPS) is 14.7. The van der Waals surface area contributed by atoms with E-state index in [2.05, 4.69) is 10.3 Å². The number of nitrogens with one attached hydrogen (secondary N) is 1. The first kappa shape index (κ1) is 25.5. The Morgan fingerprint density at radius 1 is 1.08 bits per heavy atom. The number of aryl methyl sites for hydroxylation is 1. The van der Waals surface area contributed by atoms with E-state index >= 15 is 0 Å². The highest BCUT2D eigenvalue weighted by Crippen LogP contribution is 2.38. The van der Waals surface area contributed by atoms with E-state index in [-0.39, 0.29) is 16.4 Å². The predicted octanol–water partition coefficient (Wildman–Crippen LogP) is 6.09. The fraction of sp³-hybridized carbons (Fsp3) is 0.0370. The summed E-state index contributed by atoms with van der Waals surface area (Å²) in [5.74, 6) is -1.36. The summed E-state index contributed by atoms with van der Waals surface area (Å²) in [6, 6.07) is 18.9. The van der Waals surface area contributed by atoms with Gasteiger partial charge in [0.15, 0.2) is 5.11 Å². The molecule has 1 saturated heterocycles. The van der Waals surface area contributed by atoms with Crippen LogP contribution in [0.4, 0.5) is 11.4 Å². The number of nitro benzene ring substituents is 1. The summed E-state index contributed by atoms with van der Waals surface area (Å²) in [5, 5.41) is 15.7. The maximum atomic E-state index is 13.3.